The topological polar surface area (TPSA) is 57.8 Å². The first-order valence-electron chi connectivity index (χ1n) is 5.05. The number of benzene rings is 1. The van der Waals surface area contributed by atoms with Crippen molar-refractivity contribution in [3.63, 3.8) is 0 Å². The molecule has 0 aliphatic carbocycles. The summed E-state index contributed by atoms with van der Waals surface area (Å²) < 4.78 is 0. The minimum Gasteiger partial charge on any atom is -0.331 e. The molecule has 0 spiro atoms. The Kier molecular flexibility index (Phi) is 2.72. The Hall–Kier alpha value is -2.10. The highest BCUT2D eigenvalue weighted by Gasteiger charge is 2.09. The number of hydrogen-bond donors (Lipinski definition) is 2. The van der Waals surface area contributed by atoms with E-state index in [-0.39, 0.29) is 5.91 Å². The van der Waals surface area contributed by atoms with Gasteiger partial charge in [-0.3, -0.25) is 10.1 Å². The van der Waals surface area contributed by atoms with Gasteiger partial charge in [-0.15, -0.1) is 0 Å². The average molecular weight is 215 g/mol. The van der Waals surface area contributed by atoms with Gasteiger partial charge in [0, 0.05) is 18.0 Å². The predicted molar refractivity (Wildman–Crippen MR) is 62.5 cm³/mol. The van der Waals surface area contributed by atoms with E-state index in [1.54, 1.807) is 12.4 Å². The van der Waals surface area contributed by atoms with Gasteiger partial charge >= 0.3 is 0 Å². The molecule has 0 fully saturated rings. The first-order valence-corrected chi connectivity index (χ1v) is 5.05. The Balaban J connectivity index is 2.24. The molecule has 1 aromatic heterocycles. The number of amides is 1. The third-order valence-electron chi connectivity index (χ3n) is 2.37. The Morgan fingerprint density at radius 1 is 1.38 bits per heavy atom. The highest BCUT2D eigenvalue weighted by molar-refractivity contribution is 6.04. The van der Waals surface area contributed by atoms with Crippen molar-refractivity contribution in [1.82, 2.24) is 9.97 Å². The molecule has 0 saturated carbocycles. The molecule has 0 aliphatic heterocycles. The molecule has 2 N–H and O–H groups in total. The maximum atomic E-state index is 11.9. The molecule has 0 radical (unpaired) electrons. The molecule has 4 heteroatoms. The SMILES string of the molecule is Cc1ccc(C)c(C(=O)Nc2ncc[nH]2)c1. The summed E-state index contributed by atoms with van der Waals surface area (Å²) in [6.45, 7) is 3.87. The monoisotopic (exact) mass is 215 g/mol. The van der Waals surface area contributed by atoms with Gasteiger partial charge in [-0.1, -0.05) is 17.7 Å². The number of carbonyl (C=O) groups is 1. The smallest absolute Gasteiger partial charge is 0.258 e. The van der Waals surface area contributed by atoms with E-state index in [2.05, 4.69) is 15.3 Å². The molecule has 0 unspecified atom stereocenters. The van der Waals surface area contributed by atoms with E-state index in [0.29, 0.717) is 11.5 Å². The highest BCUT2D eigenvalue weighted by Crippen LogP contribution is 2.12. The standard InChI is InChI=1S/C12H13N3O/c1-8-3-4-9(2)10(7-8)11(16)15-12-13-5-6-14-12/h3-7H,1-2H3,(H2,13,14,15,16). The largest absolute Gasteiger partial charge is 0.331 e. The maximum Gasteiger partial charge on any atom is 0.258 e. The van der Waals surface area contributed by atoms with Crippen LogP contribution in [-0.2, 0) is 0 Å². The lowest BCUT2D eigenvalue weighted by Crippen LogP contribution is -2.14. The molecule has 0 bridgehead atoms. The van der Waals surface area contributed by atoms with Crippen LogP contribution >= 0.6 is 0 Å². The summed E-state index contributed by atoms with van der Waals surface area (Å²) in [6, 6.07) is 5.79. The second-order valence-electron chi connectivity index (χ2n) is 3.71. The lowest BCUT2D eigenvalue weighted by atomic mass is 10.1. The van der Waals surface area contributed by atoms with Gasteiger partial charge in [0.2, 0.25) is 5.95 Å². The summed E-state index contributed by atoms with van der Waals surface area (Å²) in [7, 11) is 0. The van der Waals surface area contributed by atoms with Crippen molar-refractivity contribution in [2.45, 2.75) is 13.8 Å². The lowest BCUT2D eigenvalue weighted by Gasteiger charge is -2.06. The van der Waals surface area contributed by atoms with Crippen LogP contribution in [0.5, 0.6) is 0 Å². The second kappa shape index (κ2) is 4.18. The first kappa shape index (κ1) is 10.4. The Labute approximate surface area is 93.7 Å². The molecule has 82 valence electrons. The number of rotatable bonds is 2. The minimum atomic E-state index is -0.142. The van der Waals surface area contributed by atoms with E-state index in [9.17, 15) is 4.79 Å². The van der Waals surface area contributed by atoms with Crippen LogP contribution in [0, 0.1) is 13.8 Å². The number of carbonyl (C=O) groups excluding carboxylic acids is 1. The number of aromatic amines is 1. The molecule has 1 amide bonds. The van der Waals surface area contributed by atoms with E-state index in [1.807, 2.05) is 32.0 Å². The van der Waals surface area contributed by atoms with E-state index in [1.165, 1.54) is 0 Å². The molecule has 4 nitrogen and oxygen atoms in total. The molecule has 1 aromatic carbocycles. The average Bonchev–Trinajstić information content (AvgIpc) is 2.74. The zero-order valence-corrected chi connectivity index (χ0v) is 9.24. The van der Waals surface area contributed by atoms with Crippen molar-refractivity contribution >= 4 is 11.9 Å². The van der Waals surface area contributed by atoms with Gasteiger partial charge in [-0.25, -0.2) is 4.98 Å². The van der Waals surface area contributed by atoms with Crippen molar-refractivity contribution in [3.8, 4) is 0 Å². The molecular formula is C12H13N3O. The number of H-pyrrole nitrogens is 1. The summed E-state index contributed by atoms with van der Waals surface area (Å²) in [4.78, 5) is 18.7. The zero-order valence-electron chi connectivity index (χ0n) is 9.24. The first-order chi connectivity index (χ1) is 7.66. The summed E-state index contributed by atoms with van der Waals surface area (Å²) in [6.07, 6.45) is 3.26. The number of hydrogen-bond acceptors (Lipinski definition) is 2. The summed E-state index contributed by atoms with van der Waals surface area (Å²) in [5.41, 5.74) is 2.70. The van der Waals surface area contributed by atoms with Gasteiger partial charge < -0.3 is 4.98 Å². The van der Waals surface area contributed by atoms with Gasteiger partial charge in [0.25, 0.3) is 5.91 Å². The van der Waals surface area contributed by atoms with Crippen molar-refractivity contribution in [2.75, 3.05) is 5.32 Å². The van der Waals surface area contributed by atoms with Crippen LogP contribution in [0.25, 0.3) is 0 Å². The number of nitrogens with zero attached hydrogens (tertiary/aromatic N) is 1. The summed E-state index contributed by atoms with van der Waals surface area (Å²) in [5, 5.41) is 2.70. The Bertz CT molecular complexity index is 503. The van der Waals surface area contributed by atoms with Gasteiger partial charge in [-0.2, -0.15) is 0 Å². The number of anilines is 1. The number of imidazole rings is 1. The predicted octanol–water partition coefficient (Wildman–Crippen LogP) is 2.28. The molecular weight excluding hydrogens is 202 g/mol. The fraction of sp³-hybridized carbons (Fsp3) is 0.167. The van der Waals surface area contributed by atoms with Gasteiger partial charge in [0.15, 0.2) is 0 Å². The van der Waals surface area contributed by atoms with E-state index in [4.69, 9.17) is 0 Å². The van der Waals surface area contributed by atoms with Gasteiger partial charge in [-0.05, 0) is 25.5 Å². The molecule has 2 aromatic rings. The van der Waals surface area contributed by atoms with Crippen LogP contribution in [0.2, 0.25) is 0 Å². The van der Waals surface area contributed by atoms with Crippen LogP contribution in [-0.4, -0.2) is 15.9 Å². The number of nitrogens with one attached hydrogen (secondary N) is 2. The fourth-order valence-electron chi connectivity index (χ4n) is 1.49. The summed E-state index contributed by atoms with van der Waals surface area (Å²) >= 11 is 0. The quantitative estimate of drug-likeness (QED) is 0.807. The van der Waals surface area contributed by atoms with Crippen molar-refractivity contribution in [1.29, 1.82) is 0 Å². The van der Waals surface area contributed by atoms with E-state index >= 15 is 0 Å². The number of aryl methyl sites for hydroxylation is 2. The van der Waals surface area contributed by atoms with Crippen molar-refractivity contribution in [2.24, 2.45) is 0 Å². The zero-order chi connectivity index (χ0) is 11.5. The van der Waals surface area contributed by atoms with E-state index < -0.39 is 0 Å². The lowest BCUT2D eigenvalue weighted by molar-refractivity contribution is 0.102. The minimum absolute atomic E-state index is 0.142. The third kappa shape index (κ3) is 2.11. The third-order valence-corrected chi connectivity index (χ3v) is 2.37. The summed E-state index contributed by atoms with van der Waals surface area (Å²) in [5.74, 6) is 0.321. The molecule has 2 rings (SSSR count). The Morgan fingerprint density at radius 2 is 2.19 bits per heavy atom. The normalized spacial score (nSPS) is 10.1. The van der Waals surface area contributed by atoms with Gasteiger partial charge in [0.1, 0.15) is 0 Å². The van der Waals surface area contributed by atoms with Gasteiger partial charge in [0.05, 0.1) is 0 Å². The van der Waals surface area contributed by atoms with E-state index in [0.717, 1.165) is 11.1 Å². The second-order valence-corrected chi connectivity index (χ2v) is 3.71. The van der Waals surface area contributed by atoms with Crippen LogP contribution in [0.4, 0.5) is 5.95 Å². The number of aromatic nitrogens is 2. The fourth-order valence-corrected chi connectivity index (χ4v) is 1.49. The molecule has 1 heterocycles. The molecule has 16 heavy (non-hydrogen) atoms. The van der Waals surface area contributed by atoms with Crippen molar-refractivity contribution in [3.05, 3.63) is 47.3 Å². The van der Waals surface area contributed by atoms with Crippen molar-refractivity contribution < 1.29 is 4.79 Å². The van der Waals surface area contributed by atoms with Crippen LogP contribution in [0.3, 0.4) is 0 Å². The Morgan fingerprint density at radius 3 is 2.88 bits per heavy atom. The molecule has 0 atom stereocenters. The molecule has 0 aliphatic rings. The van der Waals surface area contributed by atoms with Crippen LogP contribution in [0.1, 0.15) is 21.5 Å². The highest BCUT2D eigenvalue weighted by atomic mass is 16.1. The van der Waals surface area contributed by atoms with Crippen LogP contribution in [0.15, 0.2) is 30.6 Å². The maximum absolute atomic E-state index is 11.9. The van der Waals surface area contributed by atoms with Crippen LogP contribution < -0.4 is 5.32 Å². The molecule has 0 saturated heterocycles.